The molecule has 0 radical (unpaired) electrons. The van der Waals surface area contributed by atoms with E-state index >= 15 is 0 Å². The summed E-state index contributed by atoms with van der Waals surface area (Å²) >= 11 is 6.12. The van der Waals surface area contributed by atoms with Crippen LogP contribution in [0.15, 0.2) is 29.3 Å². The lowest BCUT2D eigenvalue weighted by molar-refractivity contribution is 0.103. The van der Waals surface area contributed by atoms with Gasteiger partial charge in [-0.3, -0.25) is 4.79 Å². The molecule has 0 unspecified atom stereocenters. The van der Waals surface area contributed by atoms with E-state index in [2.05, 4.69) is 22.4 Å². The molecule has 0 N–H and O–H groups in total. The van der Waals surface area contributed by atoms with E-state index < -0.39 is 0 Å². The van der Waals surface area contributed by atoms with E-state index in [1.807, 2.05) is 45.0 Å². The van der Waals surface area contributed by atoms with Crippen LogP contribution in [0.4, 0.5) is 5.00 Å². The van der Waals surface area contributed by atoms with Gasteiger partial charge in [-0.2, -0.15) is 4.99 Å². The molecule has 19 heavy (non-hydrogen) atoms. The molecule has 0 atom stereocenters. The van der Waals surface area contributed by atoms with E-state index in [1.54, 1.807) is 0 Å². The molecular weight excluding hydrogens is 274 g/mol. The summed E-state index contributed by atoms with van der Waals surface area (Å²) in [5.74, 6) is -0.00847. The van der Waals surface area contributed by atoms with Crippen LogP contribution in [0.2, 0.25) is 0 Å². The Hall–Kier alpha value is -1.61. The highest BCUT2D eigenvalue weighted by molar-refractivity contribution is 7.78. The highest BCUT2D eigenvalue weighted by atomic mass is 32.1. The van der Waals surface area contributed by atoms with Crippen molar-refractivity contribution in [3.05, 3.63) is 51.4 Å². The number of carbonyl (C=O) groups excluding carboxylic acids is 1. The molecular formula is C15H13NOS2. The van der Waals surface area contributed by atoms with Crippen LogP contribution in [0.25, 0.3) is 0 Å². The summed E-state index contributed by atoms with van der Waals surface area (Å²) in [4.78, 5) is 17.7. The zero-order chi connectivity index (χ0) is 14.0. The van der Waals surface area contributed by atoms with Crippen molar-refractivity contribution in [1.82, 2.24) is 0 Å². The van der Waals surface area contributed by atoms with Crippen LogP contribution in [0.1, 0.15) is 31.9 Å². The van der Waals surface area contributed by atoms with Crippen LogP contribution in [-0.4, -0.2) is 10.9 Å². The average Bonchev–Trinajstić information content (AvgIpc) is 2.66. The molecule has 2 rings (SSSR count). The third-order valence-corrected chi connectivity index (χ3v) is 4.25. The first kappa shape index (κ1) is 13.8. The highest BCUT2D eigenvalue weighted by Crippen LogP contribution is 2.36. The van der Waals surface area contributed by atoms with Crippen molar-refractivity contribution >= 4 is 39.5 Å². The second kappa shape index (κ2) is 5.57. The van der Waals surface area contributed by atoms with Crippen LogP contribution >= 0.6 is 23.6 Å². The molecule has 2 aromatic rings. The molecule has 0 aliphatic rings. The molecule has 0 saturated heterocycles. The number of thiocarbonyl (C=S) groups is 1. The van der Waals surface area contributed by atoms with Crippen LogP contribution in [-0.2, 0) is 0 Å². The fraction of sp³-hybridized carbons (Fsp3) is 0.200. The number of nitrogens with zero attached hydrogens (tertiary/aromatic N) is 1. The third-order valence-electron chi connectivity index (χ3n) is 3.05. The van der Waals surface area contributed by atoms with Gasteiger partial charge in [0.2, 0.25) is 0 Å². The Morgan fingerprint density at radius 2 is 1.84 bits per heavy atom. The summed E-state index contributed by atoms with van der Waals surface area (Å²) < 4.78 is 0. The number of hydrogen-bond donors (Lipinski definition) is 0. The number of aliphatic imine (C=N–C) groups is 1. The molecule has 1 heterocycles. The van der Waals surface area contributed by atoms with E-state index in [4.69, 9.17) is 0 Å². The zero-order valence-electron chi connectivity index (χ0n) is 11.0. The summed E-state index contributed by atoms with van der Waals surface area (Å²) in [7, 11) is 0. The number of rotatable bonds is 3. The van der Waals surface area contributed by atoms with Gasteiger partial charge in [-0.1, -0.05) is 29.8 Å². The van der Waals surface area contributed by atoms with Gasteiger partial charge in [0.1, 0.15) is 5.00 Å². The Bertz CT molecular complexity index is 677. The number of thiophene rings is 1. The maximum absolute atomic E-state index is 12.6. The molecule has 96 valence electrons. The topological polar surface area (TPSA) is 29.4 Å². The minimum Gasteiger partial charge on any atom is -0.288 e. The molecule has 0 spiro atoms. The van der Waals surface area contributed by atoms with Gasteiger partial charge < -0.3 is 0 Å². The molecule has 1 aromatic heterocycles. The van der Waals surface area contributed by atoms with Crippen molar-refractivity contribution in [2.45, 2.75) is 20.8 Å². The van der Waals surface area contributed by atoms with E-state index in [9.17, 15) is 4.79 Å². The SMILES string of the molecule is Cc1ccc(C(=O)c2c(N=C=S)sc(C)c2C)cc1. The van der Waals surface area contributed by atoms with Gasteiger partial charge in [-0.15, -0.1) is 11.3 Å². The van der Waals surface area contributed by atoms with Gasteiger partial charge in [0.25, 0.3) is 0 Å². The largest absolute Gasteiger partial charge is 0.288 e. The Kier molecular flexibility index (Phi) is 4.05. The van der Waals surface area contributed by atoms with Gasteiger partial charge in [0, 0.05) is 10.4 Å². The smallest absolute Gasteiger partial charge is 0.196 e. The van der Waals surface area contributed by atoms with Crippen molar-refractivity contribution in [1.29, 1.82) is 0 Å². The fourth-order valence-corrected chi connectivity index (χ4v) is 2.98. The molecule has 0 aliphatic heterocycles. The van der Waals surface area contributed by atoms with E-state index in [0.29, 0.717) is 16.1 Å². The molecule has 0 amide bonds. The number of hydrogen-bond acceptors (Lipinski definition) is 4. The summed E-state index contributed by atoms with van der Waals surface area (Å²) in [5.41, 5.74) is 3.42. The lowest BCUT2D eigenvalue weighted by atomic mass is 10.0. The lowest BCUT2D eigenvalue weighted by Crippen LogP contribution is -2.02. The number of benzene rings is 1. The third kappa shape index (κ3) is 2.71. The Morgan fingerprint density at radius 1 is 1.21 bits per heavy atom. The van der Waals surface area contributed by atoms with E-state index in [1.165, 1.54) is 11.3 Å². The van der Waals surface area contributed by atoms with Gasteiger partial charge in [-0.25, -0.2) is 0 Å². The summed E-state index contributed by atoms with van der Waals surface area (Å²) in [6.07, 6.45) is 0. The number of carbonyl (C=O) groups is 1. The van der Waals surface area contributed by atoms with Crippen LogP contribution in [0.5, 0.6) is 0 Å². The fourth-order valence-electron chi connectivity index (χ4n) is 1.85. The van der Waals surface area contributed by atoms with E-state index in [-0.39, 0.29) is 5.78 Å². The molecule has 1 aromatic carbocycles. The second-order valence-electron chi connectivity index (χ2n) is 4.36. The monoisotopic (exact) mass is 287 g/mol. The predicted molar refractivity (Wildman–Crippen MR) is 83.1 cm³/mol. The Morgan fingerprint density at radius 3 is 2.42 bits per heavy atom. The first-order chi connectivity index (χ1) is 9.04. The van der Waals surface area contributed by atoms with Crippen molar-refractivity contribution in [2.24, 2.45) is 4.99 Å². The highest BCUT2D eigenvalue weighted by Gasteiger charge is 2.20. The van der Waals surface area contributed by atoms with Crippen molar-refractivity contribution in [2.75, 3.05) is 0 Å². The van der Waals surface area contributed by atoms with Crippen LogP contribution < -0.4 is 0 Å². The Labute approximate surface area is 121 Å². The maximum atomic E-state index is 12.6. The minimum atomic E-state index is -0.00847. The van der Waals surface area contributed by atoms with Crippen molar-refractivity contribution in [3.63, 3.8) is 0 Å². The molecule has 0 fully saturated rings. The Balaban J connectivity index is 2.55. The first-order valence-corrected chi connectivity index (χ1v) is 7.06. The average molecular weight is 287 g/mol. The molecule has 4 heteroatoms. The number of ketones is 1. The van der Waals surface area contributed by atoms with Crippen molar-refractivity contribution < 1.29 is 4.79 Å². The predicted octanol–water partition coefficient (Wildman–Crippen LogP) is 4.64. The number of isothiocyanates is 1. The molecule has 2 nitrogen and oxygen atoms in total. The maximum Gasteiger partial charge on any atom is 0.196 e. The zero-order valence-corrected chi connectivity index (χ0v) is 12.6. The lowest BCUT2D eigenvalue weighted by Gasteiger charge is -2.02. The molecule has 0 bridgehead atoms. The molecule has 0 aliphatic carbocycles. The van der Waals surface area contributed by atoms with Gasteiger partial charge in [0.05, 0.1) is 10.7 Å². The summed E-state index contributed by atoms with van der Waals surface area (Å²) in [6.45, 7) is 5.92. The second-order valence-corrected chi connectivity index (χ2v) is 5.75. The molecule has 0 saturated carbocycles. The van der Waals surface area contributed by atoms with Gasteiger partial charge in [0.15, 0.2) is 5.78 Å². The number of aryl methyl sites for hydroxylation is 2. The summed E-state index contributed by atoms with van der Waals surface area (Å²) in [6, 6.07) is 7.55. The van der Waals surface area contributed by atoms with Crippen LogP contribution in [0.3, 0.4) is 0 Å². The standard InChI is InChI=1S/C15H13NOS2/c1-9-4-6-12(7-5-9)14(17)13-10(2)11(3)19-15(13)16-8-18/h4-7H,1-3H3. The minimum absolute atomic E-state index is 0.00847. The summed E-state index contributed by atoms with van der Waals surface area (Å²) in [5, 5.41) is 3.00. The quantitative estimate of drug-likeness (QED) is 0.467. The van der Waals surface area contributed by atoms with Gasteiger partial charge >= 0.3 is 0 Å². The van der Waals surface area contributed by atoms with Crippen LogP contribution in [0, 0.1) is 20.8 Å². The normalized spacial score (nSPS) is 10.1. The van der Waals surface area contributed by atoms with Gasteiger partial charge in [-0.05, 0) is 38.6 Å². The van der Waals surface area contributed by atoms with Crippen molar-refractivity contribution in [3.8, 4) is 0 Å². The van der Waals surface area contributed by atoms with E-state index in [0.717, 1.165) is 16.0 Å². The first-order valence-electron chi connectivity index (χ1n) is 5.84.